The van der Waals surface area contributed by atoms with Crippen LogP contribution in [-0.4, -0.2) is 24.8 Å². The van der Waals surface area contributed by atoms with E-state index in [4.69, 9.17) is 23.7 Å². The molecule has 0 aliphatic heterocycles. The maximum atomic E-state index is 7.88. The number of aliphatic hydroxyl groups excluding tert-OH is 1. The Labute approximate surface area is 105 Å². The Morgan fingerprint density at radius 3 is 1.43 bits per heavy atom. The van der Waals surface area contributed by atoms with Crippen LogP contribution in [0.3, 0.4) is 0 Å². The second kappa shape index (κ2) is 29.2. The summed E-state index contributed by atoms with van der Waals surface area (Å²) in [5.41, 5.74) is 0. The Balaban J connectivity index is -0.000000147. The van der Waals surface area contributed by atoms with Crippen molar-refractivity contribution in [3.8, 4) is 0 Å². The Kier molecular flexibility index (Phi) is 43.0. The third kappa shape index (κ3) is 51.1. The van der Waals surface area contributed by atoms with Crippen LogP contribution in [-0.2, 0) is 17.0 Å². The molecule has 0 heterocycles. The molecule has 0 saturated heterocycles. The zero-order chi connectivity index (χ0) is 11.7. The molecule has 0 radical (unpaired) electrons. The van der Waals surface area contributed by atoms with Gasteiger partial charge in [-0.05, 0) is 6.42 Å². The Morgan fingerprint density at radius 2 is 1.29 bits per heavy atom. The number of aliphatic hydroxyl groups is 1. The second-order valence-corrected chi connectivity index (χ2v) is 5.04. The van der Waals surface area contributed by atoms with Crippen molar-refractivity contribution in [2.75, 3.05) is 19.7 Å². The van der Waals surface area contributed by atoms with Crippen LogP contribution in [0.2, 0.25) is 0 Å². The van der Waals surface area contributed by atoms with Gasteiger partial charge in [-0.15, -0.1) is 13.1 Å². The second-order valence-electron chi connectivity index (χ2n) is 2.47. The van der Waals surface area contributed by atoms with E-state index in [0.717, 1.165) is 19.5 Å². The molecule has 2 nitrogen and oxygen atoms in total. The van der Waals surface area contributed by atoms with Gasteiger partial charge >= 0.3 is 35.6 Å². The van der Waals surface area contributed by atoms with Gasteiger partial charge in [0.1, 0.15) is 0 Å². The van der Waals surface area contributed by atoms with Crippen molar-refractivity contribution in [3.05, 3.63) is 5.32 Å². The molecule has 14 heavy (non-hydrogen) atoms. The summed E-state index contributed by atoms with van der Waals surface area (Å²) in [6, 6.07) is 0. The first-order valence-corrected chi connectivity index (χ1v) is 9.25. The molecular weight excluding hydrogens is 257 g/mol. The molecule has 0 rings (SSSR count). The first kappa shape index (κ1) is 20.6. The molecule has 0 bridgehead atoms. The van der Waals surface area contributed by atoms with E-state index in [9.17, 15) is 0 Å². The number of nitrogens with zero attached hydrogens (tertiary/aromatic N) is 1. The van der Waals surface area contributed by atoms with Gasteiger partial charge in [-0.1, -0.05) is 33.6 Å². The maximum absolute atomic E-state index is 7.88. The van der Waals surface area contributed by atoms with Crippen molar-refractivity contribution in [1.82, 2.24) is 0 Å². The molecule has 0 amide bonds. The molecule has 0 aromatic heterocycles. The minimum atomic E-state index is -0.556. The van der Waals surface area contributed by atoms with Crippen molar-refractivity contribution >= 4 is 18.6 Å². The molecule has 1 N–H and O–H groups in total. The standard InChI is InChI=1S/C6H14N.C3H8O.2ClH.Ti/c1-3-5-7-6-4-2;1-2-3-4;;;/h3-6H2,1-2H3;4H,2-3H2,1H3;2*1H;/q-1;;;;+2/p-2. The third-order valence-corrected chi connectivity index (χ3v) is 0.987. The molecule has 0 atom stereocenters. The van der Waals surface area contributed by atoms with Crippen molar-refractivity contribution in [3.63, 3.8) is 0 Å². The summed E-state index contributed by atoms with van der Waals surface area (Å²) in [7, 11) is 9.78. The molecule has 0 fully saturated rings. The summed E-state index contributed by atoms with van der Waals surface area (Å²) in [5.74, 6) is 0. The fourth-order valence-electron chi connectivity index (χ4n) is 0.428. The van der Waals surface area contributed by atoms with Gasteiger partial charge in [0.2, 0.25) is 0 Å². The van der Waals surface area contributed by atoms with Crippen LogP contribution in [0, 0.1) is 0 Å². The summed E-state index contributed by atoms with van der Waals surface area (Å²) in [6.45, 7) is 8.65. The zero-order valence-electron chi connectivity index (χ0n) is 9.39. The van der Waals surface area contributed by atoms with E-state index in [1.165, 1.54) is 12.8 Å². The fourth-order valence-corrected chi connectivity index (χ4v) is 0.428. The molecule has 0 unspecified atom stereocenters. The predicted molar refractivity (Wildman–Crippen MR) is 62.8 cm³/mol. The van der Waals surface area contributed by atoms with Crippen molar-refractivity contribution in [1.29, 1.82) is 0 Å². The van der Waals surface area contributed by atoms with Gasteiger partial charge in [0.15, 0.2) is 0 Å². The van der Waals surface area contributed by atoms with E-state index in [2.05, 4.69) is 19.2 Å². The molecule has 5 heteroatoms. The Bertz CT molecular complexity index is 64.8. The summed E-state index contributed by atoms with van der Waals surface area (Å²) < 4.78 is 0. The Morgan fingerprint density at radius 1 is 1.00 bits per heavy atom. The van der Waals surface area contributed by atoms with E-state index in [1.807, 2.05) is 6.92 Å². The van der Waals surface area contributed by atoms with E-state index >= 15 is 0 Å². The number of hydrogen-bond donors (Lipinski definition) is 1. The first-order valence-electron chi connectivity index (χ1n) is 4.95. The minimum absolute atomic E-state index is 0.319. The van der Waals surface area contributed by atoms with Gasteiger partial charge in [-0.25, -0.2) is 0 Å². The van der Waals surface area contributed by atoms with Crippen LogP contribution in [0.5, 0.6) is 0 Å². The number of halogens is 2. The SMILES string of the molecule is CCCO.CCC[N-]CCC.[Cl][Ti][Cl]. The van der Waals surface area contributed by atoms with Crippen LogP contribution in [0.25, 0.3) is 5.32 Å². The van der Waals surface area contributed by atoms with Crippen LogP contribution in [0.1, 0.15) is 40.0 Å². The summed E-state index contributed by atoms with van der Waals surface area (Å²) in [6.07, 6.45) is 3.26. The van der Waals surface area contributed by atoms with Gasteiger partial charge < -0.3 is 10.4 Å². The fraction of sp³-hybridized carbons (Fsp3) is 1.00. The van der Waals surface area contributed by atoms with Crippen LogP contribution >= 0.6 is 18.6 Å². The van der Waals surface area contributed by atoms with E-state index in [0.29, 0.717) is 6.61 Å². The van der Waals surface area contributed by atoms with E-state index in [-0.39, 0.29) is 0 Å². The monoisotopic (exact) mass is 278 g/mol. The van der Waals surface area contributed by atoms with Gasteiger partial charge in [0.25, 0.3) is 0 Å². The number of hydrogen-bond acceptors (Lipinski definition) is 1. The Hall–Kier alpha value is 1.21. The summed E-state index contributed by atoms with van der Waals surface area (Å²) >= 11 is -0.556. The third-order valence-electron chi connectivity index (χ3n) is 0.987. The summed E-state index contributed by atoms with van der Waals surface area (Å²) in [4.78, 5) is 0. The summed E-state index contributed by atoms with van der Waals surface area (Å²) in [5, 5.41) is 12.1. The average Bonchev–Trinajstić information content (AvgIpc) is 2.20. The van der Waals surface area contributed by atoms with Crippen LogP contribution in [0.4, 0.5) is 0 Å². The van der Waals surface area contributed by atoms with Crippen molar-refractivity contribution in [2.45, 2.75) is 40.0 Å². The predicted octanol–water partition coefficient (Wildman–Crippen LogP) is 3.95. The quantitative estimate of drug-likeness (QED) is 0.600. The molecule has 0 spiro atoms. The molecule has 0 aromatic rings. The van der Waals surface area contributed by atoms with Gasteiger partial charge in [-0.2, -0.15) is 0 Å². The molecule has 0 saturated carbocycles. The van der Waals surface area contributed by atoms with Crippen molar-refractivity contribution < 1.29 is 22.1 Å². The van der Waals surface area contributed by atoms with Crippen LogP contribution < -0.4 is 0 Å². The molecule has 0 aromatic carbocycles. The van der Waals surface area contributed by atoms with Gasteiger partial charge in [-0.3, -0.25) is 0 Å². The normalized spacial score (nSPS) is 7.86. The van der Waals surface area contributed by atoms with E-state index in [1.54, 1.807) is 0 Å². The molecule has 88 valence electrons. The zero-order valence-corrected chi connectivity index (χ0v) is 12.5. The molecular formula is C9H22Cl2NOTi-. The topological polar surface area (TPSA) is 34.3 Å². The molecule has 0 aliphatic carbocycles. The first-order chi connectivity index (χ1) is 6.74. The number of rotatable bonds is 5. The van der Waals surface area contributed by atoms with Crippen LogP contribution in [0.15, 0.2) is 0 Å². The average molecular weight is 279 g/mol. The molecule has 0 aliphatic rings. The van der Waals surface area contributed by atoms with Gasteiger partial charge in [0.05, 0.1) is 0 Å². The van der Waals surface area contributed by atoms with Crippen molar-refractivity contribution in [2.24, 2.45) is 0 Å². The van der Waals surface area contributed by atoms with E-state index < -0.39 is 17.0 Å². The van der Waals surface area contributed by atoms with Gasteiger partial charge in [0, 0.05) is 6.61 Å².